The Morgan fingerprint density at radius 2 is 1.78 bits per heavy atom. The first-order chi connectivity index (χ1) is 17.8. The van der Waals surface area contributed by atoms with Crippen molar-refractivity contribution < 1.29 is 33.0 Å². The van der Waals surface area contributed by atoms with Crippen molar-refractivity contribution in [1.29, 1.82) is 0 Å². The Bertz CT molecular complexity index is 1420. The molecule has 0 unspecified atom stereocenters. The van der Waals surface area contributed by atoms with E-state index in [9.17, 15) is 23.6 Å². The van der Waals surface area contributed by atoms with Gasteiger partial charge in [0.05, 0.1) is 18.5 Å². The van der Waals surface area contributed by atoms with E-state index < -0.39 is 36.2 Å². The Hall–Kier alpha value is -4.51. The van der Waals surface area contributed by atoms with Crippen molar-refractivity contribution in [1.82, 2.24) is 5.32 Å². The van der Waals surface area contributed by atoms with Crippen LogP contribution in [0.4, 0.5) is 20.6 Å². The van der Waals surface area contributed by atoms with Crippen LogP contribution >= 0.6 is 15.9 Å². The first-order valence-corrected chi connectivity index (χ1v) is 11.6. The number of hydrogen-bond donors (Lipinski definition) is 2. The molecule has 11 heteroatoms. The average Bonchev–Trinajstić information content (AvgIpc) is 2.88. The summed E-state index contributed by atoms with van der Waals surface area (Å²) < 4.78 is 25.3. The van der Waals surface area contributed by atoms with E-state index in [2.05, 4.69) is 26.6 Å². The number of nitrogens with zero attached hydrogens (tertiary/aromatic N) is 1. The van der Waals surface area contributed by atoms with Gasteiger partial charge in [-0.25, -0.2) is 14.1 Å². The molecule has 0 spiro atoms. The fourth-order valence-electron chi connectivity index (χ4n) is 3.43. The number of halogens is 2. The molecule has 1 saturated heterocycles. The molecular formula is C26H19BrFN3O6. The van der Waals surface area contributed by atoms with Gasteiger partial charge >= 0.3 is 6.03 Å². The van der Waals surface area contributed by atoms with Crippen LogP contribution in [0.15, 0.2) is 76.8 Å². The second-order valence-electron chi connectivity index (χ2n) is 7.66. The molecular weight excluding hydrogens is 549 g/mol. The molecule has 2 N–H and O–H groups in total. The zero-order valence-corrected chi connectivity index (χ0v) is 20.9. The molecule has 0 atom stereocenters. The number of methoxy groups -OCH3 is 1. The van der Waals surface area contributed by atoms with Crippen LogP contribution in [0.5, 0.6) is 11.5 Å². The Morgan fingerprint density at radius 1 is 1.05 bits per heavy atom. The molecule has 9 nitrogen and oxygen atoms in total. The molecule has 1 fully saturated rings. The number of urea groups is 1. The number of carbonyl (C=O) groups excluding carboxylic acids is 4. The van der Waals surface area contributed by atoms with Gasteiger partial charge in [0.2, 0.25) is 0 Å². The van der Waals surface area contributed by atoms with Crippen molar-refractivity contribution in [3.63, 3.8) is 0 Å². The van der Waals surface area contributed by atoms with Gasteiger partial charge in [-0.2, -0.15) is 0 Å². The van der Waals surface area contributed by atoms with E-state index in [1.54, 1.807) is 36.4 Å². The minimum absolute atomic E-state index is 0.0242. The van der Waals surface area contributed by atoms with Crippen molar-refractivity contribution >= 4 is 57.1 Å². The Morgan fingerprint density at radius 3 is 2.49 bits per heavy atom. The SMILES string of the molecule is COc1cc(/C=C2\C(=O)NC(=O)N(c3ccc(Br)cc3)C2=O)ccc1OCC(=O)Nc1ccccc1F. The normalized spacial score (nSPS) is 14.4. The third kappa shape index (κ3) is 5.84. The first kappa shape index (κ1) is 25.6. The highest BCUT2D eigenvalue weighted by atomic mass is 79.9. The summed E-state index contributed by atoms with van der Waals surface area (Å²) in [6.07, 6.45) is 1.31. The van der Waals surface area contributed by atoms with Crippen molar-refractivity contribution in [2.75, 3.05) is 23.9 Å². The summed E-state index contributed by atoms with van der Waals surface area (Å²) in [6.45, 7) is -0.420. The third-order valence-electron chi connectivity index (χ3n) is 5.19. The molecule has 0 radical (unpaired) electrons. The van der Waals surface area contributed by atoms with Gasteiger partial charge in [-0.1, -0.05) is 34.1 Å². The number of anilines is 2. The zero-order chi connectivity index (χ0) is 26.5. The molecule has 3 aromatic carbocycles. The Labute approximate surface area is 219 Å². The number of para-hydroxylation sites is 1. The number of imide groups is 2. The second kappa shape index (κ2) is 11.0. The lowest BCUT2D eigenvalue weighted by molar-refractivity contribution is -0.122. The van der Waals surface area contributed by atoms with Crippen LogP contribution in [0.1, 0.15) is 5.56 Å². The molecule has 4 rings (SSSR count). The first-order valence-electron chi connectivity index (χ1n) is 10.8. The van der Waals surface area contributed by atoms with Crippen LogP contribution < -0.4 is 25.0 Å². The summed E-state index contributed by atoms with van der Waals surface area (Å²) in [7, 11) is 1.38. The Balaban J connectivity index is 1.51. The lowest BCUT2D eigenvalue weighted by Gasteiger charge is -2.26. The van der Waals surface area contributed by atoms with E-state index in [1.807, 2.05) is 0 Å². The Kier molecular flexibility index (Phi) is 7.63. The predicted molar refractivity (Wildman–Crippen MR) is 137 cm³/mol. The minimum Gasteiger partial charge on any atom is -0.493 e. The summed E-state index contributed by atoms with van der Waals surface area (Å²) in [5, 5.41) is 4.57. The quantitative estimate of drug-likeness (QED) is 0.325. The van der Waals surface area contributed by atoms with Crippen molar-refractivity contribution in [2.24, 2.45) is 0 Å². The van der Waals surface area contributed by atoms with E-state index in [4.69, 9.17) is 9.47 Å². The minimum atomic E-state index is -0.857. The maximum absolute atomic E-state index is 13.7. The lowest BCUT2D eigenvalue weighted by atomic mass is 10.1. The van der Waals surface area contributed by atoms with Gasteiger partial charge in [0.1, 0.15) is 11.4 Å². The number of rotatable bonds is 7. The molecule has 0 aromatic heterocycles. The van der Waals surface area contributed by atoms with Crippen LogP contribution in [0, 0.1) is 5.82 Å². The van der Waals surface area contributed by atoms with Crippen LogP contribution in [-0.4, -0.2) is 37.5 Å². The highest BCUT2D eigenvalue weighted by Gasteiger charge is 2.36. The largest absolute Gasteiger partial charge is 0.493 e. The van der Waals surface area contributed by atoms with E-state index >= 15 is 0 Å². The summed E-state index contributed by atoms with van der Waals surface area (Å²) in [4.78, 5) is 50.9. The number of barbiturate groups is 1. The lowest BCUT2D eigenvalue weighted by Crippen LogP contribution is -2.54. The summed E-state index contributed by atoms with van der Waals surface area (Å²) in [5.74, 6) is -2.36. The maximum Gasteiger partial charge on any atom is 0.335 e. The van der Waals surface area contributed by atoms with Gasteiger partial charge in [-0.15, -0.1) is 0 Å². The predicted octanol–water partition coefficient (Wildman–Crippen LogP) is 4.28. The number of amides is 5. The van der Waals surface area contributed by atoms with E-state index in [0.29, 0.717) is 11.3 Å². The number of nitrogens with one attached hydrogen (secondary N) is 2. The number of carbonyl (C=O) groups is 4. The number of ether oxygens (including phenoxy) is 2. The monoisotopic (exact) mass is 567 g/mol. The molecule has 3 aromatic rings. The van der Waals surface area contributed by atoms with Crippen LogP contribution in [0.3, 0.4) is 0 Å². The smallest absolute Gasteiger partial charge is 0.335 e. The average molecular weight is 568 g/mol. The molecule has 1 aliphatic heterocycles. The zero-order valence-electron chi connectivity index (χ0n) is 19.3. The molecule has 0 saturated carbocycles. The van der Waals surface area contributed by atoms with Crippen molar-refractivity contribution in [2.45, 2.75) is 0 Å². The highest BCUT2D eigenvalue weighted by Crippen LogP contribution is 2.30. The number of benzene rings is 3. The summed E-state index contributed by atoms with van der Waals surface area (Å²) >= 11 is 3.29. The second-order valence-corrected chi connectivity index (χ2v) is 8.58. The van der Waals surface area contributed by atoms with Crippen molar-refractivity contribution in [3.8, 4) is 11.5 Å². The molecule has 1 aliphatic rings. The number of hydrogen-bond acceptors (Lipinski definition) is 6. The highest BCUT2D eigenvalue weighted by molar-refractivity contribution is 9.10. The fourth-order valence-corrected chi connectivity index (χ4v) is 3.70. The standard InChI is InChI=1S/C26H19BrFN3O6/c1-36-22-13-15(6-11-21(22)37-14-23(32)29-20-5-3-2-4-19(20)28)12-18-24(33)30-26(35)31(25(18)34)17-9-7-16(27)8-10-17/h2-13H,14H2,1H3,(H,29,32)(H,30,33,35)/b18-12+. The van der Waals surface area contributed by atoms with E-state index in [-0.39, 0.29) is 22.8 Å². The van der Waals surface area contributed by atoms with Crippen molar-refractivity contribution in [3.05, 3.63) is 88.2 Å². The molecule has 1 heterocycles. The van der Waals surface area contributed by atoms with E-state index in [0.717, 1.165) is 9.37 Å². The topological polar surface area (TPSA) is 114 Å². The summed E-state index contributed by atoms with van der Waals surface area (Å²) in [5.41, 5.74) is 0.460. The van der Waals surface area contributed by atoms with Gasteiger partial charge in [-0.05, 0) is 60.2 Å². The van der Waals surface area contributed by atoms with Gasteiger partial charge in [0.25, 0.3) is 17.7 Å². The maximum atomic E-state index is 13.7. The molecule has 37 heavy (non-hydrogen) atoms. The summed E-state index contributed by atoms with van der Waals surface area (Å²) in [6, 6.07) is 15.9. The van der Waals surface area contributed by atoms with Gasteiger partial charge < -0.3 is 14.8 Å². The molecule has 0 bridgehead atoms. The van der Waals surface area contributed by atoms with Gasteiger partial charge in [-0.3, -0.25) is 19.7 Å². The van der Waals surface area contributed by atoms with Crippen LogP contribution in [0.2, 0.25) is 0 Å². The van der Waals surface area contributed by atoms with Gasteiger partial charge in [0, 0.05) is 4.47 Å². The molecule has 0 aliphatic carbocycles. The van der Waals surface area contributed by atoms with E-state index in [1.165, 1.54) is 43.5 Å². The fraction of sp³-hybridized carbons (Fsp3) is 0.0769. The molecule has 188 valence electrons. The van der Waals surface area contributed by atoms with Gasteiger partial charge in [0.15, 0.2) is 18.1 Å². The van der Waals surface area contributed by atoms with Crippen LogP contribution in [-0.2, 0) is 14.4 Å². The van der Waals surface area contributed by atoms with Crippen LogP contribution in [0.25, 0.3) is 6.08 Å². The molecule has 5 amide bonds. The third-order valence-corrected chi connectivity index (χ3v) is 5.72.